The van der Waals surface area contributed by atoms with Crippen LogP contribution in [-0.4, -0.2) is 61.7 Å². The summed E-state index contributed by atoms with van der Waals surface area (Å²) in [5, 5.41) is 23.8. The smallest absolute Gasteiger partial charge is 0.245 e. The highest BCUT2D eigenvalue weighted by atomic mass is 35.5. The van der Waals surface area contributed by atoms with Crippen LogP contribution in [0.2, 0.25) is 5.02 Å². The van der Waals surface area contributed by atoms with Crippen molar-refractivity contribution < 1.29 is 14.6 Å². The summed E-state index contributed by atoms with van der Waals surface area (Å²) in [5.74, 6) is 0.745. The molecule has 0 saturated carbocycles. The molecule has 4 aromatic rings. The minimum atomic E-state index is -0.223. The molecule has 1 unspecified atom stereocenters. The van der Waals surface area contributed by atoms with Crippen LogP contribution in [0.25, 0.3) is 33.3 Å². The number of aromatic amines is 1. The minimum Gasteiger partial charge on any atom is -0.487 e. The molecule has 2 aliphatic rings. The van der Waals surface area contributed by atoms with E-state index in [0.29, 0.717) is 24.5 Å². The maximum absolute atomic E-state index is 12.1. The van der Waals surface area contributed by atoms with Crippen LogP contribution in [0.1, 0.15) is 35.7 Å². The van der Waals surface area contributed by atoms with Crippen molar-refractivity contribution in [3.63, 3.8) is 0 Å². The second-order valence-corrected chi connectivity index (χ2v) is 10.6. The molecule has 4 heterocycles. The van der Waals surface area contributed by atoms with Crippen LogP contribution >= 0.6 is 11.6 Å². The number of ether oxygens (including phenoxy) is 1. The molecule has 1 atom stereocenters. The molecule has 9 heteroatoms. The number of benzene rings is 2. The number of rotatable bonds is 5. The van der Waals surface area contributed by atoms with E-state index in [0.717, 1.165) is 68.7 Å². The molecular formula is C29H30ClN5O3. The van der Waals surface area contributed by atoms with Crippen LogP contribution in [0.4, 0.5) is 0 Å². The summed E-state index contributed by atoms with van der Waals surface area (Å²) < 4.78 is 8.10. The molecule has 0 radical (unpaired) electrons. The van der Waals surface area contributed by atoms with Crippen LogP contribution in [0.5, 0.6) is 5.75 Å². The SMILES string of the molecule is C=CC(=O)N1CCC(n2nc(-c3ccc4c(c3)OC(CO)C4)c(-c3c(Cl)c(C)cc4[nH]ncc34)c2C)CC1. The van der Waals surface area contributed by atoms with Crippen molar-refractivity contribution in [3.05, 3.63) is 65.0 Å². The lowest BCUT2D eigenvalue weighted by Gasteiger charge is -2.32. The van der Waals surface area contributed by atoms with E-state index in [1.165, 1.54) is 6.08 Å². The summed E-state index contributed by atoms with van der Waals surface area (Å²) in [4.78, 5) is 14.0. The Kier molecular flexibility index (Phi) is 6.24. The van der Waals surface area contributed by atoms with Crippen LogP contribution < -0.4 is 4.74 Å². The number of carbonyl (C=O) groups is 1. The van der Waals surface area contributed by atoms with E-state index in [-0.39, 0.29) is 24.7 Å². The van der Waals surface area contributed by atoms with Crippen molar-refractivity contribution in [2.45, 2.75) is 45.3 Å². The topological polar surface area (TPSA) is 96.3 Å². The van der Waals surface area contributed by atoms with E-state index in [1.54, 1.807) is 0 Å². The maximum Gasteiger partial charge on any atom is 0.245 e. The summed E-state index contributed by atoms with van der Waals surface area (Å²) >= 11 is 7.01. The van der Waals surface area contributed by atoms with Gasteiger partial charge in [-0.2, -0.15) is 10.2 Å². The summed E-state index contributed by atoms with van der Waals surface area (Å²) in [6.45, 7) is 9.01. The molecular weight excluding hydrogens is 502 g/mol. The molecule has 0 bridgehead atoms. The predicted octanol–water partition coefficient (Wildman–Crippen LogP) is 5.01. The van der Waals surface area contributed by atoms with Gasteiger partial charge in [-0.1, -0.05) is 30.3 Å². The lowest BCUT2D eigenvalue weighted by Crippen LogP contribution is -2.38. The Morgan fingerprint density at radius 2 is 2.05 bits per heavy atom. The van der Waals surface area contributed by atoms with Gasteiger partial charge in [0.05, 0.1) is 29.4 Å². The fourth-order valence-corrected chi connectivity index (χ4v) is 6.08. The number of aliphatic hydroxyl groups excluding tert-OH is 1. The lowest BCUT2D eigenvalue weighted by molar-refractivity contribution is -0.127. The maximum atomic E-state index is 12.1. The Morgan fingerprint density at radius 1 is 1.26 bits per heavy atom. The molecule has 8 nitrogen and oxygen atoms in total. The normalized spacial score (nSPS) is 17.6. The number of hydrogen-bond donors (Lipinski definition) is 2. The zero-order valence-electron chi connectivity index (χ0n) is 21.5. The first kappa shape index (κ1) is 24.7. The molecule has 2 aromatic heterocycles. The zero-order chi connectivity index (χ0) is 26.6. The number of halogens is 1. The Bertz CT molecular complexity index is 1560. The third-order valence-electron chi connectivity index (χ3n) is 7.85. The number of aromatic nitrogens is 4. The Hall–Kier alpha value is -3.62. The van der Waals surface area contributed by atoms with E-state index < -0.39 is 0 Å². The largest absolute Gasteiger partial charge is 0.487 e. The molecule has 1 fully saturated rings. The first-order valence-corrected chi connectivity index (χ1v) is 13.3. The van der Waals surface area contributed by atoms with Crippen LogP contribution in [0.3, 0.4) is 0 Å². The standard InChI is InChI=1S/C29H30ClN5O3/c1-4-25(37)34-9-7-20(8-10-34)35-17(3)26(27-22-14-31-32-23(22)11-16(2)28(27)30)29(33-35)19-6-5-18-12-21(15-36)38-24(18)13-19/h4-6,11,13-14,20-21,36H,1,7-10,12,15H2,2-3H3,(H,31,32). The molecule has 0 aliphatic carbocycles. The van der Waals surface area contributed by atoms with Gasteiger partial charge in [0, 0.05) is 47.3 Å². The molecule has 38 heavy (non-hydrogen) atoms. The number of fused-ring (bicyclic) bond motifs is 2. The van der Waals surface area contributed by atoms with Gasteiger partial charge in [-0.3, -0.25) is 14.6 Å². The van der Waals surface area contributed by atoms with Crippen molar-refractivity contribution in [2.24, 2.45) is 0 Å². The van der Waals surface area contributed by atoms with Crippen LogP contribution in [-0.2, 0) is 11.2 Å². The number of aliphatic hydroxyl groups is 1. The van der Waals surface area contributed by atoms with Gasteiger partial charge in [0.15, 0.2) is 0 Å². The van der Waals surface area contributed by atoms with Gasteiger partial charge in [0.25, 0.3) is 0 Å². The molecule has 1 amide bonds. The second-order valence-electron chi connectivity index (χ2n) is 10.2. The Labute approximate surface area is 225 Å². The number of nitrogens with one attached hydrogen (secondary N) is 1. The highest BCUT2D eigenvalue weighted by Gasteiger charge is 2.30. The average Bonchev–Trinajstić information content (AvgIpc) is 3.65. The number of aryl methyl sites for hydroxylation is 1. The number of piperidine rings is 1. The zero-order valence-corrected chi connectivity index (χ0v) is 22.3. The number of hydrogen-bond acceptors (Lipinski definition) is 5. The van der Waals surface area contributed by atoms with Crippen molar-refractivity contribution >= 4 is 28.4 Å². The number of amides is 1. The van der Waals surface area contributed by atoms with Gasteiger partial charge in [-0.05, 0) is 56.0 Å². The van der Waals surface area contributed by atoms with E-state index >= 15 is 0 Å². The van der Waals surface area contributed by atoms with Gasteiger partial charge in [0.2, 0.25) is 5.91 Å². The number of nitrogens with zero attached hydrogens (tertiary/aromatic N) is 4. The van der Waals surface area contributed by atoms with E-state index in [4.69, 9.17) is 21.4 Å². The van der Waals surface area contributed by atoms with E-state index in [2.05, 4.69) is 40.5 Å². The number of carbonyl (C=O) groups excluding carboxylic acids is 1. The van der Waals surface area contributed by atoms with Gasteiger partial charge in [0.1, 0.15) is 17.5 Å². The second kappa shape index (κ2) is 9.60. The van der Waals surface area contributed by atoms with Crippen molar-refractivity contribution in [2.75, 3.05) is 19.7 Å². The molecule has 2 aliphatic heterocycles. The summed E-state index contributed by atoms with van der Waals surface area (Å²) in [7, 11) is 0. The number of likely N-dealkylation sites (tertiary alicyclic amines) is 1. The van der Waals surface area contributed by atoms with Crippen molar-refractivity contribution in [1.82, 2.24) is 24.9 Å². The first-order chi connectivity index (χ1) is 18.4. The highest BCUT2D eigenvalue weighted by Crippen LogP contribution is 2.45. The van der Waals surface area contributed by atoms with Crippen molar-refractivity contribution in [1.29, 1.82) is 0 Å². The third kappa shape index (κ3) is 3.99. The molecule has 0 spiro atoms. The minimum absolute atomic E-state index is 0.0204. The summed E-state index contributed by atoms with van der Waals surface area (Å²) in [6, 6.07) is 8.30. The fraction of sp³-hybridized carbons (Fsp3) is 0.345. The Morgan fingerprint density at radius 3 is 2.79 bits per heavy atom. The van der Waals surface area contributed by atoms with Gasteiger partial charge in [-0.15, -0.1) is 0 Å². The number of H-pyrrole nitrogens is 1. The predicted molar refractivity (Wildman–Crippen MR) is 147 cm³/mol. The third-order valence-corrected chi connectivity index (χ3v) is 8.33. The molecule has 2 N–H and O–H groups in total. The van der Waals surface area contributed by atoms with Crippen LogP contribution in [0, 0.1) is 13.8 Å². The quantitative estimate of drug-likeness (QED) is 0.353. The first-order valence-electron chi connectivity index (χ1n) is 12.9. The Balaban J connectivity index is 1.51. The monoisotopic (exact) mass is 531 g/mol. The summed E-state index contributed by atoms with van der Waals surface area (Å²) in [5.41, 5.74) is 7.58. The average molecular weight is 532 g/mol. The van der Waals surface area contributed by atoms with Gasteiger partial charge < -0.3 is 14.7 Å². The highest BCUT2D eigenvalue weighted by molar-refractivity contribution is 6.36. The summed E-state index contributed by atoms with van der Waals surface area (Å²) in [6.07, 6.45) is 5.26. The molecule has 196 valence electrons. The van der Waals surface area contributed by atoms with Crippen molar-refractivity contribution in [3.8, 4) is 28.1 Å². The molecule has 2 aromatic carbocycles. The molecule has 1 saturated heterocycles. The van der Waals surface area contributed by atoms with E-state index in [1.807, 2.05) is 30.2 Å². The lowest BCUT2D eigenvalue weighted by atomic mass is 9.94. The van der Waals surface area contributed by atoms with Gasteiger partial charge >= 0.3 is 0 Å². The van der Waals surface area contributed by atoms with Gasteiger partial charge in [-0.25, -0.2) is 0 Å². The molecule has 6 rings (SSSR count). The fourth-order valence-electron chi connectivity index (χ4n) is 5.83. The van der Waals surface area contributed by atoms with E-state index in [9.17, 15) is 9.90 Å². The van der Waals surface area contributed by atoms with Crippen LogP contribution in [0.15, 0.2) is 43.1 Å².